The topological polar surface area (TPSA) is 117 Å². The van der Waals surface area contributed by atoms with Gasteiger partial charge in [-0.1, -0.05) is 0 Å². The quantitative estimate of drug-likeness (QED) is 0.440. The average molecular weight is 515 g/mol. The summed E-state index contributed by atoms with van der Waals surface area (Å²) in [6.45, 7) is 3.45. The lowest BCUT2D eigenvalue weighted by Gasteiger charge is -2.25. The highest BCUT2D eigenvalue weighted by atomic mass is 19.3. The Bertz CT molecular complexity index is 1410. The molecule has 2 atom stereocenters. The molecule has 1 amide bonds. The number of carboxylic acid groups (broad SMARTS) is 1. The number of alkyl halides is 2. The molecular formula is C25H25F3N6O3. The van der Waals surface area contributed by atoms with Gasteiger partial charge < -0.3 is 20.9 Å². The van der Waals surface area contributed by atoms with Gasteiger partial charge in [0.2, 0.25) is 5.88 Å². The maximum Gasteiger partial charge on any atom is 0.413 e. The molecule has 4 N–H and O–H groups in total. The van der Waals surface area contributed by atoms with Crippen molar-refractivity contribution in [3.63, 3.8) is 0 Å². The highest BCUT2D eigenvalue weighted by Gasteiger charge is 2.60. The number of nitrogens with two attached hydrogens (primary N) is 1. The molecule has 2 fully saturated rings. The van der Waals surface area contributed by atoms with Crippen molar-refractivity contribution >= 4 is 34.1 Å². The number of nitrogens with zero attached hydrogens (tertiary/aromatic N) is 4. The molecule has 3 aromatic rings. The van der Waals surface area contributed by atoms with E-state index in [2.05, 4.69) is 15.3 Å². The molecule has 6 rings (SSSR count). The first-order valence-corrected chi connectivity index (χ1v) is 12.0. The Morgan fingerprint density at radius 2 is 2.03 bits per heavy atom. The van der Waals surface area contributed by atoms with Crippen LogP contribution in [-0.4, -0.2) is 71.3 Å². The van der Waals surface area contributed by atoms with Crippen LogP contribution >= 0.6 is 0 Å². The molecule has 194 valence electrons. The third-order valence-electron chi connectivity index (χ3n) is 7.59. The van der Waals surface area contributed by atoms with Gasteiger partial charge in [0.05, 0.1) is 18.3 Å². The fraction of sp³-hybridized carbons (Fsp3) is 0.400. The number of benzene rings is 1. The lowest BCUT2D eigenvalue weighted by molar-refractivity contribution is 0.0932. The molecule has 4 heterocycles. The second-order valence-corrected chi connectivity index (χ2v) is 9.75. The Hall–Kier alpha value is -3.80. The number of likely N-dealkylation sites (tertiary alicyclic amines) is 1. The van der Waals surface area contributed by atoms with Crippen LogP contribution in [0, 0.1) is 24.6 Å². The Labute approximate surface area is 210 Å². The molecule has 0 spiro atoms. The van der Waals surface area contributed by atoms with Crippen molar-refractivity contribution in [1.29, 1.82) is 0 Å². The summed E-state index contributed by atoms with van der Waals surface area (Å²) in [5.74, 6) is -0.0330. The van der Waals surface area contributed by atoms with Gasteiger partial charge in [-0.3, -0.25) is 9.80 Å². The number of nitrogens with one attached hydrogen (secondary N) is 1. The van der Waals surface area contributed by atoms with E-state index in [0.717, 1.165) is 5.56 Å². The van der Waals surface area contributed by atoms with Gasteiger partial charge in [-0.15, -0.1) is 0 Å². The number of hydrogen-bond donors (Lipinski definition) is 3. The summed E-state index contributed by atoms with van der Waals surface area (Å²) in [5, 5.41) is 14.1. The fourth-order valence-electron chi connectivity index (χ4n) is 5.79. The Morgan fingerprint density at radius 3 is 2.73 bits per heavy atom. The summed E-state index contributed by atoms with van der Waals surface area (Å²) in [4.78, 5) is 23.7. The SMILES string of the molecule is Cc1c(-c2cc3cc(N(C(=O)O)C4C5CN(CC(F)F)CC54)ncc3c(N)c2F)cnc2c1NCCO2. The van der Waals surface area contributed by atoms with Crippen molar-refractivity contribution in [2.75, 3.05) is 48.7 Å². The van der Waals surface area contributed by atoms with Gasteiger partial charge in [0.25, 0.3) is 6.43 Å². The number of pyridine rings is 2. The van der Waals surface area contributed by atoms with Gasteiger partial charge >= 0.3 is 6.09 Å². The third-order valence-corrected chi connectivity index (χ3v) is 7.59. The summed E-state index contributed by atoms with van der Waals surface area (Å²) in [6.07, 6.45) is -0.696. The molecule has 12 heteroatoms. The molecule has 37 heavy (non-hydrogen) atoms. The predicted octanol–water partition coefficient (Wildman–Crippen LogP) is 3.81. The number of halogens is 3. The minimum Gasteiger partial charge on any atom is -0.474 e. The zero-order chi connectivity index (χ0) is 26.0. The number of anilines is 3. The van der Waals surface area contributed by atoms with Crippen LogP contribution in [-0.2, 0) is 0 Å². The van der Waals surface area contributed by atoms with Crippen molar-refractivity contribution in [3.8, 4) is 17.0 Å². The Kier molecular flexibility index (Phi) is 5.51. The van der Waals surface area contributed by atoms with Gasteiger partial charge in [0.15, 0.2) is 5.82 Å². The van der Waals surface area contributed by atoms with Crippen LogP contribution < -0.4 is 20.7 Å². The number of amides is 1. The molecule has 3 aliphatic rings. The molecule has 0 bridgehead atoms. The summed E-state index contributed by atoms with van der Waals surface area (Å²) in [5.41, 5.74) is 8.27. The number of fused-ring (bicyclic) bond motifs is 3. The smallest absolute Gasteiger partial charge is 0.413 e. The second kappa shape index (κ2) is 8.65. The molecule has 9 nitrogen and oxygen atoms in total. The van der Waals surface area contributed by atoms with E-state index in [1.165, 1.54) is 17.3 Å². The van der Waals surface area contributed by atoms with Crippen LogP contribution in [0.5, 0.6) is 5.88 Å². The first-order valence-electron chi connectivity index (χ1n) is 12.0. The van der Waals surface area contributed by atoms with Gasteiger partial charge in [-0.25, -0.2) is 27.9 Å². The first-order chi connectivity index (χ1) is 17.7. The van der Waals surface area contributed by atoms with Crippen LogP contribution in [0.15, 0.2) is 24.5 Å². The lowest BCUT2D eigenvalue weighted by Crippen LogP contribution is -2.39. The van der Waals surface area contributed by atoms with Crippen LogP contribution in [0.3, 0.4) is 0 Å². The van der Waals surface area contributed by atoms with Crippen molar-refractivity contribution in [2.24, 2.45) is 11.8 Å². The molecule has 1 saturated heterocycles. The maximum absolute atomic E-state index is 15.4. The van der Waals surface area contributed by atoms with Crippen LogP contribution in [0.4, 0.5) is 35.2 Å². The number of carbonyl (C=O) groups is 1. The maximum atomic E-state index is 15.4. The van der Waals surface area contributed by atoms with Crippen LogP contribution in [0.1, 0.15) is 5.56 Å². The summed E-state index contributed by atoms with van der Waals surface area (Å²) in [7, 11) is 0. The standard InChI is InChI=1S/C25H25F3N6O3/c1-11-14(6-32-24-22(11)30-2-3-37-24)13-4-12-5-19(31-7-15(12)21(29)20(13)28)34(25(35)36)23-16-8-33(9-17(16)23)10-18(26)27/h4-7,16-18,23,30H,2-3,8-10,29H2,1H3,(H,35,36). The average Bonchev–Trinajstić information content (AvgIpc) is 3.32. The Balaban J connectivity index is 1.36. The van der Waals surface area contributed by atoms with E-state index in [0.29, 0.717) is 54.1 Å². The number of nitrogen functional groups attached to an aromatic ring is 1. The van der Waals surface area contributed by atoms with E-state index >= 15 is 4.39 Å². The molecule has 1 saturated carbocycles. The number of ether oxygens (including phenoxy) is 1. The normalized spacial score (nSPS) is 22.4. The minimum absolute atomic E-state index is 0.0277. The summed E-state index contributed by atoms with van der Waals surface area (Å²) < 4.78 is 46.5. The van der Waals surface area contributed by atoms with Gasteiger partial charge in [-0.2, -0.15) is 0 Å². The van der Waals surface area contributed by atoms with Crippen LogP contribution in [0.25, 0.3) is 21.9 Å². The molecule has 2 unspecified atom stereocenters. The number of piperidine rings is 1. The molecular weight excluding hydrogens is 489 g/mol. The molecule has 1 aliphatic carbocycles. The highest BCUT2D eigenvalue weighted by molar-refractivity contribution is 6.00. The zero-order valence-corrected chi connectivity index (χ0v) is 19.9. The monoisotopic (exact) mass is 514 g/mol. The zero-order valence-electron chi connectivity index (χ0n) is 19.9. The molecule has 1 aromatic carbocycles. The number of rotatable bonds is 5. The lowest BCUT2D eigenvalue weighted by atomic mass is 9.97. The summed E-state index contributed by atoms with van der Waals surface area (Å²) in [6, 6.07) is 2.85. The van der Waals surface area contributed by atoms with Gasteiger partial charge in [0, 0.05) is 48.5 Å². The minimum atomic E-state index is -2.43. The molecule has 2 aliphatic heterocycles. The second-order valence-electron chi connectivity index (χ2n) is 9.75. The predicted molar refractivity (Wildman–Crippen MR) is 132 cm³/mol. The molecule has 2 aromatic heterocycles. The number of hydrogen-bond acceptors (Lipinski definition) is 7. The Morgan fingerprint density at radius 1 is 1.27 bits per heavy atom. The van der Waals surface area contributed by atoms with Gasteiger partial charge in [-0.05, 0) is 41.8 Å². The first kappa shape index (κ1) is 23.6. The van der Waals surface area contributed by atoms with Crippen molar-refractivity contribution in [2.45, 2.75) is 19.4 Å². The van der Waals surface area contributed by atoms with E-state index in [-0.39, 0.29) is 41.5 Å². The van der Waals surface area contributed by atoms with E-state index in [9.17, 15) is 18.7 Å². The van der Waals surface area contributed by atoms with E-state index in [1.54, 1.807) is 17.0 Å². The molecule has 0 radical (unpaired) electrons. The third kappa shape index (κ3) is 3.86. The highest BCUT2D eigenvalue weighted by Crippen LogP contribution is 2.50. The van der Waals surface area contributed by atoms with Crippen molar-refractivity contribution in [1.82, 2.24) is 14.9 Å². The largest absolute Gasteiger partial charge is 0.474 e. The van der Waals surface area contributed by atoms with Gasteiger partial charge in [0.1, 0.15) is 18.1 Å². The van der Waals surface area contributed by atoms with E-state index < -0.39 is 18.3 Å². The fourth-order valence-corrected chi connectivity index (χ4v) is 5.79. The summed E-state index contributed by atoms with van der Waals surface area (Å²) >= 11 is 0. The van der Waals surface area contributed by atoms with Crippen molar-refractivity contribution in [3.05, 3.63) is 35.9 Å². The van der Waals surface area contributed by atoms with E-state index in [4.69, 9.17) is 10.5 Å². The van der Waals surface area contributed by atoms with E-state index in [1.807, 2.05) is 6.92 Å². The van der Waals surface area contributed by atoms with Crippen molar-refractivity contribution < 1.29 is 27.8 Å². The number of aromatic nitrogens is 2. The van der Waals surface area contributed by atoms with Crippen LogP contribution in [0.2, 0.25) is 0 Å².